The third-order valence-electron chi connectivity index (χ3n) is 3.97. The summed E-state index contributed by atoms with van der Waals surface area (Å²) in [7, 11) is 0. The molecule has 1 aromatic heterocycles. The van der Waals surface area contributed by atoms with Crippen molar-refractivity contribution in [1.82, 2.24) is 5.32 Å². The third-order valence-corrected chi connectivity index (χ3v) is 5.12. The van der Waals surface area contributed by atoms with Crippen LogP contribution in [0.5, 0.6) is 0 Å². The van der Waals surface area contributed by atoms with Gasteiger partial charge in [-0.1, -0.05) is 30.3 Å². The Balaban J connectivity index is 1.67. The number of nitrogens with one attached hydrogen (secondary N) is 2. The van der Waals surface area contributed by atoms with Gasteiger partial charge in [-0.2, -0.15) is 0 Å². The van der Waals surface area contributed by atoms with Gasteiger partial charge in [0.25, 0.3) is 5.91 Å². The summed E-state index contributed by atoms with van der Waals surface area (Å²) in [4.78, 5) is 25.0. The lowest BCUT2D eigenvalue weighted by atomic mass is 10.1. The maximum Gasteiger partial charge on any atom is 0.262 e. The van der Waals surface area contributed by atoms with Gasteiger partial charge in [0.05, 0.1) is 15.9 Å². The van der Waals surface area contributed by atoms with Crippen molar-refractivity contribution >= 4 is 28.2 Å². The van der Waals surface area contributed by atoms with Gasteiger partial charge in [-0.15, -0.1) is 11.3 Å². The van der Waals surface area contributed by atoms with Crippen molar-refractivity contribution in [2.24, 2.45) is 5.92 Å². The summed E-state index contributed by atoms with van der Waals surface area (Å²) in [5.41, 5.74) is 1.95. The molecule has 0 bridgehead atoms. The molecule has 2 N–H and O–H groups in total. The number of hydrogen-bond donors (Lipinski definition) is 2. The zero-order valence-electron chi connectivity index (χ0n) is 13.3. The van der Waals surface area contributed by atoms with Crippen molar-refractivity contribution in [1.29, 1.82) is 0 Å². The van der Waals surface area contributed by atoms with Crippen LogP contribution in [-0.2, 0) is 4.79 Å². The maximum absolute atomic E-state index is 12.5. The van der Waals surface area contributed by atoms with Crippen molar-refractivity contribution in [3.63, 3.8) is 0 Å². The van der Waals surface area contributed by atoms with Gasteiger partial charge in [-0.3, -0.25) is 9.59 Å². The van der Waals surface area contributed by atoms with Gasteiger partial charge >= 0.3 is 0 Å². The Labute approximate surface area is 139 Å². The first kappa shape index (κ1) is 15.7. The molecule has 1 unspecified atom stereocenters. The van der Waals surface area contributed by atoms with Crippen LogP contribution in [0.4, 0.5) is 5.00 Å². The first-order chi connectivity index (χ1) is 11.0. The molecular formula is C18H20N2O2S. The molecule has 0 spiro atoms. The van der Waals surface area contributed by atoms with Gasteiger partial charge in [0, 0.05) is 5.92 Å². The highest BCUT2D eigenvalue weighted by Gasteiger charge is 2.30. The molecule has 3 rings (SSSR count). The minimum Gasteiger partial charge on any atom is -0.345 e. The predicted molar refractivity (Wildman–Crippen MR) is 92.7 cm³/mol. The Morgan fingerprint density at radius 1 is 1.22 bits per heavy atom. The lowest BCUT2D eigenvalue weighted by Crippen LogP contribution is -2.26. The molecule has 0 aliphatic heterocycles. The molecule has 5 heteroatoms. The van der Waals surface area contributed by atoms with Crippen molar-refractivity contribution < 1.29 is 9.59 Å². The van der Waals surface area contributed by atoms with Gasteiger partial charge in [0.1, 0.15) is 0 Å². The second-order valence-corrected chi connectivity index (χ2v) is 7.04. The highest BCUT2D eigenvalue weighted by Crippen LogP contribution is 2.33. The van der Waals surface area contributed by atoms with Gasteiger partial charge in [-0.05, 0) is 43.9 Å². The number of benzene rings is 1. The van der Waals surface area contributed by atoms with Gasteiger partial charge in [0.2, 0.25) is 5.91 Å². The van der Waals surface area contributed by atoms with E-state index in [0.29, 0.717) is 4.88 Å². The predicted octanol–water partition coefficient (Wildman–Crippen LogP) is 3.90. The number of hydrogen-bond acceptors (Lipinski definition) is 3. The highest BCUT2D eigenvalue weighted by molar-refractivity contribution is 7.18. The smallest absolute Gasteiger partial charge is 0.262 e. The van der Waals surface area contributed by atoms with Crippen LogP contribution >= 0.6 is 11.3 Å². The minimum atomic E-state index is -0.101. The van der Waals surface area contributed by atoms with Crippen molar-refractivity contribution in [2.75, 3.05) is 5.32 Å². The van der Waals surface area contributed by atoms with Gasteiger partial charge in [0.15, 0.2) is 0 Å². The topological polar surface area (TPSA) is 58.2 Å². The Hall–Kier alpha value is -2.14. The fourth-order valence-corrected chi connectivity index (χ4v) is 3.40. The first-order valence-corrected chi connectivity index (χ1v) is 8.63. The maximum atomic E-state index is 12.5. The zero-order valence-corrected chi connectivity index (χ0v) is 14.1. The third kappa shape index (κ3) is 3.79. The number of amides is 2. The molecule has 4 nitrogen and oxygen atoms in total. The second kappa shape index (κ2) is 6.54. The van der Waals surface area contributed by atoms with E-state index < -0.39 is 0 Å². The van der Waals surface area contributed by atoms with Crippen LogP contribution in [0.25, 0.3) is 0 Å². The summed E-state index contributed by atoms with van der Waals surface area (Å²) in [5.74, 6) is 0.124. The lowest BCUT2D eigenvalue weighted by molar-refractivity contribution is -0.117. The summed E-state index contributed by atoms with van der Waals surface area (Å²) in [5, 5.41) is 6.67. The number of carbonyl (C=O) groups is 2. The zero-order chi connectivity index (χ0) is 16.4. The molecule has 1 aliphatic rings. The Morgan fingerprint density at radius 3 is 2.57 bits per heavy atom. The van der Waals surface area contributed by atoms with Crippen LogP contribution in [0.3, 0.4) is 0 Å². The van der Waals surface area contributed by atoms with Crippen LogP contribution in [0.15, 0.2) is 36.4 Å². The summed E-state index contributed by atoms with van der Waals surface area (Å²) < 4.78 is 0. The van der Waals surface area contributed by atoms with E-state index in [-0.39, 0.29) is 23.8 Å². The standard InChI is InChI=1S/C18H20N2O2S/c1-11-10-15(20-17(21)14-8-9-14)23-16(11)18(22)19-12(2)13-6-4-3-5-7-13/h3-7,10,12,14H,8-9H2,1-2H3,(H,19,22)(H,20,21). The van der Waals surface area contributed by atoms with Crippen molar-refractivity contribution in [3.8, 4) is 0 Å². The van der Waals surface area contributed by atoms with E-state index in [1.54, 1.807) is 0 Å². The lowest BCUT2D eigenvalue weighted by Gasteiger charge is -2.13. The van der Waals surface area contributed by atoms with E-state index in [9.17, 15) is 9.59 Å². The summed E-state index contributed by atoms with van der Waals surface area (Å²) in [6, 6.07) is 11.7. The van der Waals surface area contributed by atoms with Crippen LogP contribution in [0.1, 0.15) is 46.6 Å². The molecule has 1 fully saturated rings. The minimum absolute atomic E-state index is 0.0605. The molecule has 1 saturated carbocycles. The fourth-order valence-electron chi connectivity index (χ4n) is 2.43. The Kier molecular flexibility index (Phi) is 4.48. The van der Waals surface area contributed by atoms with Gasteiger partial charge in [-0.25, -0.2) is 0 Å². The number of carbonyl (C=O) groups excluding carboxylic acids is 2. The number of aryl methyl sites for hydroxylation is 1. The molecule has 120 valence electrons. The van der Waals surface area contributed by atoms with E-state index in [1.165, 1.54) is 11.3 Å². The molecule has 0 saturated heterocycles. The molecule has 2 aromatic rings. The molecule has 1 heterocycles. The summed E-state index contributed by atoms with van der Waals surface area (Å²) in [6.45, 7) is 3.86. The summed E-state index contributed by atoms with van der Waals surface area (Å²) >= 11 is 1.33. The van der Waals surface area contributed by atoms with Crippen molar-refractivity contribution in [2.45, 2.75) is 32.7 Å². The van der Waals surface area contributed by atoms with Gasteiger partial charge < -0.3 is 10.6 Å². The quantitative estimate of drug-likeness (QED) is 0.874. The number of anilines is 1. The number of rotatable bonds is 5. The molecule has 1 aromatic carbocycles. The van der Waals surface area contributed by atoms with Crippen LogP contribution < -0.4 is 10.6 Å². The molecule has 1 aliphatic carbocycles. The van der Waals surface area contributed by atoms with E-state index in [1.807, 2.05) is 50.2 Å². The average molecular weight is 328 g/mol. The van der Waals surface area contributed by atoms with E-state index in [4.69, 9.17) is 0 Å². The van der Waals surface area contributed by atoms with Crippen LogP contribution in [0.2, 0.25) is 0 Å². The van der Waals surface area contributed by atoms with E-state index in [0.717, 1.165) is 29.0 Å². The normalized spacial score (nSPS) is 15.0. The molecule has 0 radical (unpaired) electrons. The molecule has 2 amide bonds. The SMILES string of the molecule is Cc1cc(NC(=O)C2CC2)sc1C(=O)NC(C)c1ccccc1. The summed E-state index contributed by atoms with van der Waals surface area (Å²) in [6.07, 6.45) is 1.94. The Bertz CT molecular complexity index is 720. The Morgan fingerprint density at radius 2 is 1.91 bits per heavy atom. The van der Waals surface area contributed by atoms with Crippen LogP contribution in [0, 0.1) is 12.8 Å². The molecule has 23 heavy (non-hydrogen) atoms. The number of thiophene rings is 1. The monoisotopic (exact) mass is 328 g/mol. The highest BCUT2D eigenvalue weighted by atomic mass is 32.1. The first-order valence-electron chi connectivity index (χ1n) is 7.81. The van der Waals surface area contributed by atoms with E-state index >= 15 is 0 Å². The largest absolute Gasteiger partial charge is 0.345 e. The average Bonchev–Trinajstić information content (AvgIpc) is 3.32. The second-order valence-electron chi connectivity index (χ2n) is 5.99. The van der Waals surface area contributed by atoms with Crippen molar-refractivity contribution in [3.05, 3.63) is 52.4 Å². The molecule has 1 atom stereocenters. The molecular weight excluding hydrogens is 308 g/mol. The fraction of sp³-hybridized carbons (Fsp3) is 0.333. The van der Waals surface area contributed by atoms with Crippen LogP contribution in [-0.4, -0.2) is 11.8 Å². The van der Waals surface area contributed by atoms with E-state index in [2.05, 4.69) is 10.6 Å².